The van der Waals surface area contributed by atoms with Gasteiger partial charge in [-0.05, 0) is 98.8 Å². The Morgan fingerprint density at radius 1 is 0.659 bits per heavy atom. The van der Waals surface area contributed by atoms with Crippen molar-refractivity contribution in [2.45, 2.75) is 64.9 Å². The lowest BCUT2D eigenvalue weighted by Crippen LogP contribution is -2.15. The third-order valence-corrected chi connectivity index (χ3v) is 6.85. The Balaban J connectivity index is 1.43. The van der Waals surface area contributed by atoms with E-state index in [1.165, 1.54) is 18.2 Å². The largest absolute Gasteiger partial charge is 0.494 e. The summed E-state index contributed by atoms with van der Waals surface area (Å²) in [7, 11) is 0. The minimum absolute atomic E-state index is 0.0111. The fourth-order valence-corrected chi connectivity index (χ4v) is 4.14. The van der Waals surface area contributed by atoms with Crippen LogP contribution in [0.2, 0.25) is 0 Å². The summed E-state index contributed by atoms with van der Waals surface area (Å²) in [6.07, 6.45) is 6.67. The Morgan fingerprint density at radius 3 is 1.75 bits per heavy atom. The highest BCUT2D eigenvalue weighted by molar-refractivity contribution is 5.97. The van der Waals surface area contributed by atoms with Gasteiger partial charge in [0.1, 0.15) is 28.6 Å². The molecular formula is C35H40O9. The van der Waals surface area contributed by atoms with Gasteiger partial charge in [-0.25, -0.2) is 14.4 Å². The summed E-state index contributed by atoms with van der Waals surface area (Å²) < 4.78 is 33.1. The molecule has 0 amide bonds. The summed E-state index contributed by atoms with van der Waals surface area (Å²) in [6.45, 7) is 6.33. The highest BCUT2D eigenvalue weighted by Crippen LogP contribution is 2.28. The molecule has 0 aromatic heterocycles. The molecule has 1 heterocycles. The van der Waals surface area contributed by atoms with E-state index in [1.54, 1.807) is 48.5 Å². The van der Waals surface area contributed by atoms with Gasteiger partial charge in [0.05, 0.1) is 43.7 Å². The van der Waals surface area contributed by atoms with Gasteiger partial charge < -0.3 is 28.4 Å². The van der Waals surface area contributed by atoms with Gasteiger partial charge in [0.15, 0.2) is 0 Å². The van der Waals surface area contributed by atoms with Crippen molar-refractivity contribution < 1.29 is 42.8 Å². The number of carbonyl (C=O) groups excluding carboxylic acids is 3. The fraction of sp³-hybridized carbons (Fsp3) is 0.400. The van der Waals surface area contributed by atoms with Gasteiger partial charge in [-0.3, -0.25) is 0 Å². The molecule has 9 nitrogen and oxygen atoms in total. The van der Waals surface area contributed by atoms with Crippen LogP contribution in [-0.4, -0.2) is 50.4 Å². The zero-order valence-electron chi connectivity index (χ0n) is 25.4. The van der Waals surface area contributed by atoms with Crippen molar-refractivity contribution in [2.75, 3.05) is 26.4 Å². The van der Waals surface area contributed by atoms with Crippen LogP contribution < -0.4 is 18.9 Å². The minimum Gasteiger partial charge on any atom is -0.494 e. The van der Waals surface area contributed by atoms with E-state index in [1.807, 2.05) is 0 Å². The molecule has 1 aliphatic heterocycles. The van der Waals surface area contributed by atoms with Crippen molar-refractivity contribution >= 4 is 17.9 Å². The number of unbranched alkanes of at least 4 members (excludes halogenated alkanes) is 3. The molecule has 0 spiro atoms. The molecule has 0 aliphatic carbocycles. The Morgan fingerprint density at radius 2 is 1.20 bits per heavy atom. The minimum atomic E-state index is -0.693. The van der Waals surface area contributed by atoms with Crippen LogP contribution in [0.1, 0.15) is 89.9 Å². The average Bonchev–Trinajstić information content (AvgIpc) is 3.87. The molecule has 0 bridgehead atoms. The van der Waals surface area contributed by atoms with E-state index in [-0.39, 0.29) is 29.2 Å². The molecule has 4 rings (SSSR count). The maximum atomic E-state index is 13.1. The number of ether oxygens (including phenoxy) is 6. The zero-order chi connectivity index (χ0) is 31.1. The van der Waals surface area contributed by atoms with E-state index < -0.39 is 17.9 Å². The highest BCUT2D eigenvalue weighted by Gasteiger charge is 2.22. The normalized spacial score (nSPS) is 13.5. The first kappa shape index (κ1) is 32.5. The van der Waals surface area contributed by atoms with Crippen molar-refractivity contribution in [2.24, 2.45) is 0 Å². The Bertz CT molecular complexity index is 1360. The standard InChI is InChI=1S/C35H40O9/c1-3-5-20-39-27-14-10-25(11-15-27)33(36)43-29-18-19-32(31(23-29)35(38)41-22-8-7-9-30-24-42-30)44-34(37)26-12-16-28(17-13-26)40-21-6-4-2/h10-19,23,30H,3-9,20-22,24H2,1-2H3. The van der Waals surface area contributed by atoms with Gasteiger partial charge in [-0.2, -0.15) is 0 Å². The van der Waals surface area contributed by atoms with Gasteiger partial charge in [-0.15, -0.1) is 0 Å². The topological polar surface area (TPSA) is 110 Å². The predicted molar refractivity (Wildman–Crippen MR) is 164 cm³/mol. The van der Waals surface area contributed by atoms with Gasteiger partial charge in [-0.1, -0.05) is 26.7 Å². The third kappa shape index (κ3) is 10.4. The Labute approximate surface area is 258 Å². The molecule has 9 heteroatoms. The van der Waals surface area contributed by atoms with E-state index in [4.69, 9.17) is 28.4 Å². The summed E-state index contributed by atoms with van der Waals surface area (Å²) in [5, 5.41) is 0. The number of hydrogen-bond acceptors (Lipinski definition) is 9. The summed E-state index contributed by atoms with van der Waals surface area (Å²) in [5.74, 6) is -0.562. The smallest absolute Gasteiger partial charge is 0.343 e. The zero-order valence-corrected chi connectivity index (χ0v) is 25.4. The average molecular weight is 605 g/mol. The lowest BCUT2D eigenvalue weighted by Gasteiger charge is -2.13. The monoisotopic (exact) mass is 604 g/mol. The van der Waals surface area contributed by atoms with Gasteiger partial charge in [0, 0.05) is 0 Å². The van der Waals surface area contributed by atoms with Crippen LogP contribution in [-0.2, 0) is 9.47 Å². The van der Waals surface area contributed by atoms with Crippen LogP contribution in [0, 0.1) is 0 Å². The molecule has 1 fully saturated rings. The van der Waals surface area contributed by atoms with Crippen LogP contribution in [0.3, 0.4) is 0 Å². The van der Waals surface area contributed by atoms with Crippen molar-refractivity contribution in [1.82, 2.24) is 0 Å². The van der Waals surface area contributed by atoms with E-state index in [0.717, 1.165) is 45.1 Å². The first-order valence-electron chi connectivity index (χ1n) is 15.3. The van der Waals surface area contributed by atoms with E-state index in [2.05, 4.69) is 13.8 Å². The van der Waals surface area contributed by atoms with E-state index >= 15 is 0 Å². The van der Waals surface area contributed by atoms with Gasteiger partial charge in [0.25, 0.3) is 0 Å². The summed E-state index contributed by atoms with van der Waals surface area (Å²) in [4.78, 5) is 38.9. The number of rotatable bonds is 18. The second-order valence-electron chi connectivity index (χ2n) is 10.5. The molecule has 1 atom stereocenters. The first-order chi connectivity index (χ1) is 21.5. The summed E-state index contributed by atoms with van der Waals surface area (Å²) in [5.41, 5.74) is 0.565. The molecule has 1 aliphatic rings. The number of epoxide rings is 1. The molecular weight excluding hydrogens is 564 g/mol. The Kier molecular flexibility index (Phi) is 12.6. The fourth-order valence-electron chi connectivity index (χ4n) is 4.14. The predicted octanol–water partition coefficient (Wildman–Crippen LogP) is 7.21. The van der Waals surface area contributed by atoms with Gasteiger partial charge in [0.2, 0.25) is 0 Å². The maximum absolute atomic E-state index is 13.1. The molecule has 1 unspecified atom stereocenters. The van der Waals surface area contributed by atoms with Crippen molar-refractivity contribution in [1.29, 1.82) is 0 Å². The first-order valence-corrected chi connectivity index (χ1v) is 15.3. The molecule has 0 radical (unpaired) electrons. The molecule has 44 heavy (non-hydrogen) atoms. The van der Waals surface area contributed by atoms with Crippen molar-refractivity contribution in [3.05, 3.63) is 83.4 Å². The number of benzene rings is 3. The molecule has 234 valence electrons. The van der Waals surface area contributed by atoms with Gasteiger partial charge >= 0.3 is 17.9 Å². The summed E-state index contributed by atoms with van der Waals surface area (Å²) in [6, 6.07) is 17.4. The van der Waals surface area contributed by atoms with Crippen molar-refractivity contribution in [3.63, 3.8) is 0 Å². The molecule has 3 aromatic carbocycles. The summed E-state index contributed by atoms with van der Waals surface area (Å²) >= 11 is 0. The molecule has 3 aromatic rings. The second-order valence-corrected chi connectivity index (χ2v) is 10.5. The maximum Gasteiger partial charge on any atom is 0.343 e. The molecule has 1 saturated heterocycles. The molecule has 0 saturated carbocycles. The molecule has 0 N–H and O–H groups in total. The lowest BCUT2D eigenvalue weighted by atomic mass is 10.1. The SMILES string of the molecule is CCCCOc1ccc(C(=O)Oc2ccc(OC(=O)c3ccc(OCCCC)cc3)c(C(=O)OCCCCC3CO3)c2)cc1. The second kappa shape index (κ2) is 17.1. The quantitative estimate of drug-likeness (QED) is 0.0644. The van der Waals surface area contributed by atoms with E-state index in [0.29, 0.717) is 42.8 Å². The van der Waals surface area contributed by atoms with Crippen LogP contribution in [0.5, 0.6) is 23.0 Å². The van der Waals surface area contributed by atoms with E-state index in [9.17, 15) is 14.4 Å². The van der Waals surface area contributed by atoms with Crippen LogP contribution in [0.4, 0.5) is 0 Å². The van der Waals surface area contributed by atoms with Crippen LogP contribution in [0.25, 0.3) is 0 Å². The third-order valence-electron chi connectivity index (χ3n) is 6.85. The number of carbonyl (C=O) groups is 3. The van der Waals surface area contributed by atoms with Crippen LogP contribution >= 0.6 is 0 Å². The number of hydrogen-bond donors (Lipinski definition) is 0. The highest BCUT2D eigenvalue weighted by atomic mass is 16.6. The number of esters is 3. The Hall–Kier alpha value is -4.37. The lowest BCUT2D eigenvalue weighted by molar-refractivity contribution is 0.0489. The van der Waals surface area contributed by atoms with Crippen molar-refractivity contribution in [3.8, 4) is 23.0 Å². The van der Waals surface area contributed by atoms with Crippen LogP contribution in [0.15, 0.2) is 66.7 Å².